The molecule has 0 spiro atoms. The fraction of sp³-hybridized carbons (Fsp3) is 0.368. The summed E-state index contributed by atoms with van der Waals surface area (Å²) in [5.41, 5.74) is 2.32. The van der Waals surface area contributed by atoms with Gasteiger partial charge in [-0.15, -0.1) is 0 Å². The van der Waals surface area contributed by atoms with Gasteiger partial charge >= 0.3 is 5.97 Å². The number of furan rings is 1. The number of carboxylic acids is 1. The van der Waals surface area contributed by atoms with Crippen molar-refractivity contribution in [2.75, 3.05) is 6.54 Å². The molecule has 2 heterocycles. The van der Waals surface area contributed by atoms with Crippen molar-refractivity contribution in [3.63, 3.8) is 0 Å². The predicted octanol–water partition coefficient (Wildman–Crippen LogP) is 3.23. The van der Waals surface area contributed by atoms with E-state index in [4.69, 9.17) is 9.52 Å². The van der Waals surface area contributed by atoms with Gasteiger partial charge in [0.2, 0.25) is 0 Å². The van der Waals surface area contributed by atoms with Gasteiger partial charge in [-0.25, -0.2) is 0 Å². The van der Waals surface area contributed by atoms with Crippen molar-refractivity contribution in [3.8, 4) is 0 Å². The summed E-state index contributed by atoms with van der Waals surface area (Å²) in [5, 5.41) is 9.01. The predicted molar refractivity (Wildman–Crippen MR) is 89.1 cm³/mol. The number of rotatable bonds is 4. The SMILES string of the molecule is Cc1coc(CC(=O)O)c1C(=O)N1CC(c2ccccc2)CC1C. The van der Waals surface area contributed by atoms with Crippen LogP contribution in [0.4, 0.5) is 0 Å². The van der Waals surface area contributed by atoms with Gasteiger partial charge in [0, 0.05) is 24.1 Å². The van der Waals surface area contributed by atoms with Gasteiger partial charge in [0.1, 0.15) is 12.2 Å². The number of nitrogens with zero attached hydrogens (tertiary/aromatic N) is 1. The Hall–Kier alpha value is -2.56. The van der Waals surface area contributed by atoms with Crippen LogP contribution in [0.1, 0.15) is 46.5 Å². The zero-order chi connectivity index (χ0) is 17.3. The van der Waals surface area contributed by atoms with E-state index in [0.717, 1.165) is 6.42 Å². The van der Waals surface area contributed by atoms with E-state index in [1.54, 1.807) is 6.92 Å². The third-order valence-corrected chi connectivity index (χ3v) is 4.68. The van der Waals surface area contributed by atoms with Crippen molar-refractivity contribution in [1.82, 2.24) is 4.90 Å². The fourth-order valence-corrected chi connectivity index (χ4v) is 3.48. The Morgan fingerprint density at radius 2 is 2.00 bits per heavy atom. The Bertz CT molecular complexity index is 750. The Morgan fingerprint density at radius 3 is 2.67 bits per heavy atom. The number of carboxylic acid groups (broad SMARTS) is 1. The molecule has 1 saturated heterocycles. The highest BCUT2D eigenvalue weighted by atomic mass is 16.4. The van der Waals surface area contributed by atoms with Gasteiger partial charge in [0.15, 0.2) is 0 Å². The molecule has 2 aromatic rings. The molecule has 0 bridgehead atoms. The van der Waals surface area contributed by atoms with Crippen molar-refractivity contribution in [1.29, 1.82) is 0 Å². The first-order chi connectivity index (χ1) is 11.5. The minimum absolute atomic E-state index is 0.106. The topological polar surface area (TPSA) is 70.7 Å². The maximum absolute atomic E-state index is 13.0. The zero-order valence-electron chi connectivity index (χ0n) is 13.9. The van der Waals surface area contributed by atoms with E-state index in [1.807, 2.05) is 30.0 Å². The number of aryl methyl sites for hydroxylation is 1. The average molecular weight is 327 g/mol. The minimum atomic E-state index is -1.00. The molecule has 1 fully saturated rings. The zero-order valence-corrected chi connectivity index (χ0v) is 13.9. The number of likely N-dealkylation sites (tertiary alicyclic amines) is 1. The summed E-state index contributed by atoms with van der Waals surface area (Å²) in [5.74, 6) is -0.598. The lowest BCUT2D eigenvalue weighted by atomic mass is 9.97. The molecule has 1 N–H and O–H groups in total. The van der Waals surface area contributed by atoms with Crippen LogP contribution in [-0.2, 0) is 11.2 Å². The molecule has 2 atom stereocenters. The third kappa shape index (κ3) is 3.07. The van der Waals surface area contributed by atoms with Crippen LogP contribution in [0.25, 0.3) is 0 Å². The highest BCUT2D eigenvalue weighted by Gasteiger charge is 2.35. The molecule has 5 nitrogen and oxygen atoms in total. The van der Waals surface area contributed by atoms with E-state index in [-0.39, 0.29) is 24.1 Å². The average Bonchev–Trinajstić information content (AvgIpc) is 3.10. The highest BCUT2D eigenvalue weighted by molar-refractivity contribution is 5.97. The molecule has 5 heteroatoms. The lowest BCUT2D eigenvalue weighted by Gasteiger charge is -2.22. The van der Waals surface area contributed by atoms with Gasteiger partial charge in [-0.3, -0.25) is 9.59 Å². The largest absolute Gasteiger partial charge is 0.481 e. The Labute approximate surface area is 140 Å². The van der Waals surface area contributed by atoms with Crippen LogP contribution in [0.15, 0.2) is 41.0 Å². The van der Waals surface area contributed by atoms with Crippen LogP contribution >= 0.6 is 0 Å². The molecular weight excluding hydrogens is 306 g/mol. The van der Waals surface area contributed by atoms with Crippen LogP contribution in [0.3, 0.4) is 0 Å². The van der Waals surface area contributed by atoms with Gasteiger partial charge < -0.3 is 14.4 Å². The molecule has 126 valence electrons. The minimum Gasteiger partial charge on any atom is -0.481 e. The fourth-order valence-electron chi connectivity index (χ4n) is 3.48. The van der Waals surface area contributed by atoms with Crippen LogP contribution in [-0.4, -0.2) is 34.5 Å². The second-order valence-corrected chi connectivity index (χ2v) is 6.44. The van der Waals surface area contributed by atoms with Gasteiger partial charge in [-0.05, 0) is 25.8 Å². The molecule has 0 saturated carbocycles. The first-order valence-corrected chi connectivity index (χ1v) is 8.12. The molecule has 1 aromatic heterocycles. The standard InChI is InChI=1S/C19H21NO4/c1-12-11-24-16(9-17(21)22)18(12)19(23)20-10-15(8-13(20)2)14-6-4-3-5-7-14/h3-7,11,13,15H,8-10H2,1-2H3,(H,21,22). The van der Waals surface area contributed by atoms with Crippen molar-refractivity contribution in [2.24, 2.45) is 0 Å². The number of carbonyl (C=O) groups is 2. The Kier molecular flexibility index (Phi) is 4.42. The third-order valence-electron chi connectivity index (χ3n) is 4.68. The summed E-state index contributed by atoms with van der Waals surface area (Å²) in [6, 6.07) is 10.3. The van der Waals surface area contributed by atoms with Crippen molar-refractivity contribution in [3.05, 3.63) is 59.0 Å². The second kappa shape index (κ2) is 6.51. The van der Waals surface area contributed by atoms with E-state index >= 15 is 0 Å². The number of benzene rings is 1. The van der Waals surface area contributed by atoms with Crippen LogP contribution in [0.5, 0.6) is 0 Å². The van der Waals surface area contributed by atoms with Crippen molar-refractivity contribution >= 4 is 11.9 Å². The summed E-state index contributed by atoms with van der Waals surface area (Å²) in [7, 11) is 0. The van der Waals surface area contributed by atoms with Gasteiger partial charge in [0.05, 0.1) is 11.8 Å². The number of carbonyl (C=O) groups excluding carboxylic acids is 1. The molecule has 1 aromatic carbocycles. The number of aliphatic carboxylic acids is 1. The van der Waals surface area contributed by atoms with E-state index < -0.39 is 5.97 Å². The lowest BCUT2D eigenvalue weighted by Crippen LogP contribution is -2.34. The monoisotopic (exact) mass is 327 g/mol. The van der Waals surface area contributed by atoms with Crippen molar-refractivity contribution in [2.45, 2.75) is 38.6 Å². The van der Waals surface area contributed by atoms with Crippen LogP contribution in [0.2, 0.25) is 0 Å². The summed E-state index contributed by atoms with van der Waals surface area (Å²) in [6.07, 6.45) is 2.08. The van der Waals surface area contributed by atoms with E-state index in [2.05, 4.69) is 12.1 Å². The summed E-state index contributed by atoms with van der Waals surface area (Å²) in [4.78, 5) is 25.8. The first-order valence-electron chi connectivity index (χ1n) is 8.12. The Morgan fingerprint density at radius 1 is 1.29 bits per heavy atom. The van der Waals surface area contributed by atoms with Crippen molar-refractivity contribution < 1.29 is 19.1 Å². The molecule has 1 aliphatic rings. The Balaban J connectivity index is 1.83. The quantitative estimate of drug-likeness (QED) is 0.936. The van der Waals surface area contributed by atoms with Gasteiger partial charge in [-0.1, -0.05) is 30.3 Å². The first kappa shape index (κ1) is 16.3. The maximum atomic E-state index is 13.0. The molecule has 1 amide bonds. The normalized spacial score (nSPS) is 20.3. The molecule has 2 unspecified atom stereocenters. The van der Waals surface area contributed by atoms with E-state index in [0.29, 0.717) is 23.6 Å². The van der Waals surface area contributed by atoms with Gasteiger partial charge in [-0.2, -0.15) is 0 Å². The lowest BCUT2D eigenvalue weighted by molar-refractivity contribution is -0.136. The van der Waals surface area contributed by atoms with Gasteiger partial charge in [0.25, 0.3) is 5.91 Å². The smallest absolute Gasteiger partial charge is 0.311 e. The second-order valence-electron chi connectivity index (χ2n) is 6.44. The molecule has 0 radical (unpaired) electrons. The molecular formula is C19H21NO4. The summed E-state index contributed by atoms with van der Waals surface area (Å²) >= 11 is 0. The summed E-state index contributed by atoms with van der Waals surface area (Å²) in [6.45, 7) is 4.45. The molecule has 3 rings (SSSR count). The molecule has 0 aliphatic carbocycles. The number of hydrogen-bond acceptors (Lipinski definition) is 3. The number of amides is 1. The van der Waals surface area contributed by atoms with Crippen LogP contribution in [0, 0.1) is 6.92 Å². The van der Waals surface area contributed by atoms with E-state index in [1.165, 1.54) is 11.8 Å². The van der Waals surface area contributed by atoms with E-state index in [9.17, 15) is 9.59 Å². The highest BCUT2D eigenvalue weighted by Crippen LogP contribution is 2.33. The number of hydrogen-bond donors (Lipinski definition) is 1. The molecule has 24 heavy (non-hydrogen) atoms. The van der Waals surface area contributed by atoms with Crippen LogP contribution < -0.4 is 0 Å². The summed E-state index contributed by atoms with van der Waals surface area (Å²) < 4.78 is 5.31. The maximum Gasteiger partial charge on any atom is 0.311 e. The molecule has 1 aliphatic heterocycles.